The summed E-state index contributed by atoms with van der Waals surface area (Å²) in [6, 6.07) is 11.4. The molecule has 0 saturated carbocycles. The molecule has 2 heterocycles. The van der Waals surface area contributed by atoms with E-state index in [0.29, 0.717) is 16.2 Å². The van der Waals surface area contributed by atoms with Gasteiger partial charge in [0.05, 0.1) is 19.4 Å². The molecule has 0 bridgehead atoms. The Bertz CT molecular complexity index is 801. The summed E-state index contributed by atoms with van der Waals surface area (Å²) in [5, 5.41) is 2.52. The molecule has 0 aliphatic carbocycles. The van der Waals surface area contributed by atoms with Gasteiger partial charge in [0.2, 0.25) is 5.91 Å². The van der Waals surface area contributed by atoms with Gasteiger partial charge in [-0.15, -0.1) is 0 Å². The minimum atomic E-state index is -1.01. The number of nitrogens with zero attached hydrogens (tertiary/aromatic N) is 2. The van der Waals surface area contributed by atoms with Gasteiger partial charge in [-0.05, 0) is 17.7 Å². The number of hydrogen-bond donors (Lipinski definition) is 1. The minimum absolute atomic E-state index is 0.0191. The van der Waals surface area contributed by atoms with Gasteiger partial charge in [-0.25, -0.2) is 9.69 Å². The van der Waals surface area contributed by atoms with Gasteiger partial charge in [0, 0.05) is 0 Å². The van der Waals surface area contributed by atoms with Crippen LogP contribution in [0, 0.1) is 0 Å². The van der Waals surface area contributed by atoms with Gasteiger partial charge in [-0.3, -0.25) is 19.3 Å². The van der Waals surface area contributed by atoms with Crippen molar-refractivity contribution in [2.24, 2.45) is 0 Å². The van der Waals surface area contributed by atoms with E-state index in [4.69, 9.17) is 4.42 Å². The van der Waals surface area contributed by atoms with Crippen molar-refractivity contribution in [3.05, 3.63) is 60.1 Å². The summed E-state index contributed by atoms with van der Waals surface area (Å²) >= 11 is 0. The summed E-state index contributed by atoms with van der Waals surface area (Å²) in [5.74, 6) is -1.97. The Hall–Kier alpha value is -3.42. The van der Waals surface area contributed by atoms with E-state index in [-0.39, 0.29) is 13.1 Å². The van der Waals surface area contributed by atoms with Crippen LogP contribution in [0.1, 0.15) is 11.3 Å². The lowest BCUT2D eigenvalue weighted by molar-refractivity contribution is -0.144. The molecular formula is C17H15N3O5. The number of imide groups is 2. The number of rotatable bonds is 6. The maximum Gasteiger partial charge on any atom is 0.335 e. The van der Waals surface area contributed by atoms with Crippen LogP contribution in [-0.4, -0.2) is 40.1 Å². The number of urea groups is 1. The molecule has 3 rings (SSSR count). The van der Waals surface area contributed by atoms with Crippen molar-refractivity contribution >= 4 is 23.8 Å². The van der Waals surface area contributed by atoms with Crippen molar-refractivity contribution in [2.75, 3.05) is 6.54 Å². The van der Waals surface area contributed by atoms with E-state index in [0.717, 1.165) is 4.90 Å². The van der Waals surface area contributed by atoms with Gasteiger partial charge in [0.1, 0.15) is 12.3 Å². The van der Waals surface area contributed by atoms with Crippen molar-refractivity contribution in [3.8, 4) is 0 Å². The predicted octanol–water partition coefficient (Wildman–Crippen LogP) is 0.887. The van der Waals surface area contributed by atoms with Gasteiger partial charge in [-0.2, -0.15) is 0 Å². The Morgan fingerprint density at radius 1 is 0.960 bits per heavy atom. The number of benzene rings is 1. The highest BCUT2D eigenvalue weighted by atomic mass is 16.3. The van der Waals surface area contributed by atoms with Crippen LogP contribution in [0.2, 0.25) is 0 Å². The van der Waals surface area contributed by atoms with Gasteiger partial charge in [0.15, 0.2) is 0 Å². The average molecular weight is 341 g/mol. The average Bonchev–Trinajstić information content (AvgIpc) is 3.20. The Balaban J connectivity index is 1.61. The second kappa shape index (κ2) is 7.00. The molecule has 1 aliphatic heterocycles. The standard InChI is InChI=1S/C17H15N3O5/c21-14(18-9-13-7-4-8-25-13)11-20-16(23)15(22)19(17(20)24)10-12-5-2-1-3-6-12/h1-8H,9-11H2,(H,18,21). The summed E-state index contributed by atoms with van der Waals surface area (Å²) < 4.78 is 5.07. The Morgan fingerprint density at radius 3 is 2.36 bits per heavy atom. The predicted molar refractivity (Wildman–Crippen MR) is 84.7 cm³/mol. The molecule has 1 aliphatic rings. The number of nitrogens with one attached hydrogen (secondary N) is 1. The molecule has 1 aromatic carbocycles. The normalized spacial score (nSPS) is 14.3. The number of carbonyl (C=O) groups excluding carboxylic acids is 4. The third-order valence-electron chi connectivity index (χ3n) is 3.66. The van der Waals surface area contributed by atoms with Crippen LogP contribution >= 0.6 is 0 Å². The largest absolute Gasteiger partial charge is 0.467 e. The van der Waals surface area contributed by atoms with Gasteiger partial charge < -0.3 is 9.73 Å². The highest BCUT2D eigenvalue weighted by Crippen LogP contribution is 2.15. The van der Waals surface area contributed by atoms with E-state index < -0.39 is 30.3 Å². The van der Waals surface area contributed by atoms with E-state index in [1.807, 2.05) is 0 Å². The molecule has 128 valence electrons. The van der Waals surface area contributed by atoms with Gasteiger partial charge in [-0.1, -0.05) is 30.3 Å². The first-order valence-electron chi connectivity index (χ1n) is 7.56. The Morgan fingerprint density at radius 2 is 1.68 bits per heavy atom. The van der Waals surface area contributed by atoms with Crippen molar-refractivity contribution in [3.63, 3.8) is 0 Å². The third-order valence-corrected chi connectivity index (χ3v) is 3.66. The van der Waals surface area contributed by atoms with Crippen LogP contribution in [0.5, 0.6) is 0 Å². The van der Waals surface area contributed by atoms with Crippen LogP contribution < -0.4 is 5.32 Å². The van der Waals surface area contributed by atoms with Crippen molar-refractivity contribution in [1.29, 1.82) is 0 Å². The highest BCUT2D eigenvalue weighted by Gasteiger charge is 2.45. The number of amides is 5. The van der Waals surface area contributed by atoms with Gasteiger partial charge in [0.25, 0.3) is 0 Å². The topological polar surface area (TPSA) is 99.9 Å². The lowest BCUT2D eigenvalue weighted by atomic mass is 10.2. The maximum absolute atomic E-state index is 12.3. The quantitative estimate of drug-likeness (QED) is 0.621. The molecule has 25 heavy (non-hydrogen) atoms. The fourth-order valence-electron chi connectivity index (χ4n) is 2.39. The fourth-order valence-corrected chi connectivity index (χ4v) is 2.39. The summed E-state index contributed by atoms with van der Waals surface area (Å²) in [4.78, 5) is 49.7. The molecule has 1 saturated heterocycles. The summed E-state index contributed by atoms with van der Waals surface area (Å²) in [7, 11) is 0. The molecule has 1 fully saturated rings. The van der Waals surface area contributed by atoms with Crippen LogP contribution in [0.3, 0.4) is 0 Å². The maximum atomic E-state index is 12.3. The van der Waals surface area contributed by atoms with Crippen molar-refractivity contribution < 1.29 is 23.6 Å². The third kappa shape index (κ3) is 3.57. The Labute approximate surface area is 143 Å². The van der Waals surface area contributed by atoms with E-state index >= 15 is 0 Å². The summed E-state index contributed by atoms with van der Waals surface area (Å²) in [5.41, 5.74) is 0.709. The zero-order chi connectivity index (χ0) is 17.8. The molecule has 5 amide bonds. The number of furan rings is 1. The molecule has 0 radical (unpaired) electrons. The summed E-state index contributed by atoms with van der Waals surface area (Å²) in [6.07, 6.45) is 1.47. The molecule has 0 spiro atoms. The second-order valence-corrected chi connectivity index (χ2v) is 5.41. The first-order valence-corrected chi connectivity index (χ1v) is 7.56. The zero-order valence-electron chi connectivity index (χ0n) is 13.2. The minimum Gasteiger partial charge on any atom is -0.467 e. The molecule has 8 heteroatoms. The SMILES string of the molecule is O=C(CN1C(=O)C(=O)N(Cc2ccccc2)C1=O)NCc1ccco1. The van der Waals surface area contributed by atoms with Crippen LogP contribution in [-0.2, 0) is 27.5 Å². The van der Waals surface area contributed by atoms with Crippen LogP contribution in [0.4, 0.5) is 4.79 Å². The zero-order valence-corrected chi connectivity index (χ0v) is 13.2. The molecule has 2 aromatic rings. The molecule has 0 unspecified atom stereocenters. The number of hydrogen-bond acceptors (Lipinski definition) is 5. The molecule has 1 N–H and O–H groups in total. The van der Waals surface area contributed by atoms with Crippen molar-refractivity contribution in [2.45, 2.75) is 13.1 Å². The van der Waals surface area contributed by atoms with Gasteiger partial charge >= 0.3 is 17.8 Å². The molecular weight excluding hydrogens is 326 g/mol. The van der Waals surface area contributed by atoms with E-state index in [1.54, 1.807) is 42.5 Å². The monoisotopic (exact) mass is 341 g/mol. The lowest BCUT2D eigenvalue weighted by Crippen LogP contribution is -2.41. The highest BCUT2D eigenvalue weighted by molar-refractivity contribution is 6.44. The fraction of sp³-hybridized carbons (Fsp3) is 0.176. The van der Waals surface area contributed by atoms with E-state index in [2.05, 4.69) is 5.32 Å². The molecule has 8 nitrogen and oxygen atoms in total. The first-order chi connectivity index (χ1) is 12.1. The van der Waals surface area contributed by atoms with Crippen LogP contribution in [0.15, 0.2) is 53.1 Å². The molecule has 0 atom stereocenters. The van der Waals surface area contributed by atoms with Crippen molar-refractivity contribution in [1.82, 2.24) is 15.1 Å². The summed E-state index contributed by atoms with van der Waals surface area (Å²) in [6.45, 7) is -0.409. The number of carbonyl (C=O) groups is 4. The van der Waals surface area contributed by atoms with E-state index in [9.17, 15) is 19.2 Å². The van der Waals surface area contributed by atoms with Crippen LogP contribution in [0.25, 0.3) is 0 Å². The molecule has 1 aromatic heterocycles. The Kier molecular flexibility index (Phi) is 4.60. The lowest BCUT2D eigenvalue weighted by Gasteiger charge is -2.15. The first kappa shape index (κ1) is 16.4. The second-order valence-electron chi connectivity index (χ2n) is 5.41. The van der Waals surface area contributed by atoms with E-state index in [1.165, 1.54) is 6.26 Å². The smallest absolute Gasteiger partial charge is 0.335 e.